The smallest absolute Gasteiger partial charge is 0.267 e. The summed E-state index contributed by atoms with van der Waals surface area (Å²) in [7, 11) is 0. The average Bonchev–Trinajstić information content (AvgIpc) is 3.43. The van der Waals surface area contributed by atoms with Crippen LogP contribution in [-0.4, -0.2) is 26.6 Å². The molecule has 0 bridgehead atoms. The van der Waals surface area contributed by atoms with Crippen molar-refractivity contribution < 1.29 is 4.79 Å². The fourth-order valence-electron chi connectivity index (χ4n) is 5.60. The highest BCUT2D eigenvalue weighted by Gasteiger charge is 2.41. The van der Waals surface area contributed by atoms with Gasteiger partial charge in [-0.2, -0.15) is 0 Å². The number of hydrogen-bond donors (Lipinski definition) is 0. The lowest BCUT2D eigenvalue weighted by Gasteiger charge is -2.35. The number of rotatable bonds is 5. The van der Waals surface area contributed by atoms with Crippen LogP contribution in [0.25, 0.3) is 17.0 Å². The predicted octanol–water partition coefficient (Wildman–Crippen LogP) is 8.53. The van der Waals surface area contributed by atoms with Gasteiger partial charge in [0.15, 0.2) is 5.17 Å². The molecule has 1 aromatic heterocycles. The molecule has 0 N–H and O–H groups in total. The van der Waals surface area contributed by atoms with Crippen LogP contribution in [0.3, 0.4) is 0 Å². The zero-order valence-electron chi connectivity index (χ0n) is 21.4. The minimum Gasteiger partial charge on any atom is -0.342 e. The molecule has 1 saturated carbocycles. The van der Waals surface area contributed by atoms with Gasteiger partial charge in [-0.1, -0.05) is 79.9 Å². The minimum atomic E-state index is 0.0676. The van der Waals surface area contributed by atoms with Gasteiger partial charge in [0, 0.05) is 40.3 Å². The van der Waals surface area contributed by atoms with Crippen LogP contribution in [0.15, 0.2) is 95.0 Å². The summed E-state index contributed by atoms with van der Waals surface area (Å²) < 4.78 is 2.25. The lowest BCUT2D eigenvalue weighted by Crippen LogP contribution is -2.44. The number of para-hydroxylation sites is 2. The Bertz CT molecular complexity index is 1520. The molecule has 2 fully saturated rings. The third-order valence-corrected chi connectivity index (χ3v) is 8.82. The Morgan fingerprint density at radius 2 is 1.71 bits per heavy atom. The van der Waals surface area contributed by atoms with Gasteiger partial charge in [0.25, 0.3) is 5.91 Å². The molecule has 4 nitrogen and oxygen atoms in total. The molecular weight excluding hydrogens is 510 g/mol. The lowest BCUT2D eigenvalue weighted by molar-refractivity contribution is -0.124. The second-order valence-electron chi connectivity index (χ2n) is 10.2. The van der Waals surface area contributed by atoms with Crippen molar-refractivity contribution in [1.29, 1.82) is 0 Å². The number of benzene rings is 3. The molecule has 2 atom stereocenters. The molecular formula is C32H30ClN3OS. The normalized spacial score (nSPS) is 22.2. The maximum Gasteiger partial charge on any atom is 0.267 e. The summed E-state index contributed by atoms with van der Waals surface area (Å²) in [6.45, 7) is 3.00. The summed E-state index contributed by atoms with van der Waals surface area (Å²) >= 11 is 7.60. The monoisotopic (exact) mass is 539 g/mol. The number of hydrogen-bond acceptors (Lipinski definition) is 3. The molecule has 1 saturated heterocycles. The third kappa shape index (κ3) is 5.05. The molecule has 6 rings (SSSR count). The summed E-state index contributed by atoms with van der Waals surface area (Å²) in [5.74, 6) is 0.521. The second-order valence-corrected chi connectivity index (χ2v) is 11.6. The van der Waals surface area contributed by atoms with Crippen LogP contribution in [0.1, 0.15) is 43.7 Å². The molecule has 0 unspecified atom stereocenters. The van der Waals surface area contributed by atoms with Crippen LogP contribution in [0.5, 0.6) is 0 Å². The van der Waals surface area contributed by atoms with E-state index in [0.29, 0.717) is 5.92 Å². The Morgan fingerprint density at radius 3 is 2.50 bits per heavy atom. The van der Waals surface area contributed by atoms with Gasteiger partial charge in [0.1, 0.15) is 0 Å². The number of fused-ring (bicyclic) bond motifs is 1. The van der Waals surface area contributed by atoms with Gasteiger partial charge in [0.2, 0.25) is 0 Å². The topological polar surface area (TPSA) is 37.6 Å². The molecule has 1 aliphatic heterocycles. The largest absolute Gasteiger partial charge is 0.342 e. The Hall–Kier alpha value is -3.28. The Kier molecular flexibility index (Phi) is 7.14. The Labute approximate surface area is 233 Å². The number of carbonyl (C=O) groups is 1. The summed E-state index contributed by atoms with van der Waals surface area (Å²) in [6, 6.07) is 26.5. The molecule has 0 radical (unpaired) electrons. The van der Waals surface area contributed by atoms with Crippen molar-refractivity contribution in [2.45, 2.75) is 45.2 Å². The van der Waals surface area contributed by atoms with Gasteiger partial charge in [0.05, 0.1) is 10.6 Å². The first-order valence-corrected chi connectivity index (χ1v) is 14.5. The van der Waals surface area contributed by atoms with Gasteiger partial charge in [-0.3, -0.25) is 9.69 Å². The maximum absolute atomic E-state index is 14.0. The lowest BCUT2D eigenvalue weighted by atomic mass is 9.85. The van der Waals surface area contributed by atoms with E-state index in [-0.39, 0.29) is 11.9 Å². The van der Waals surface area contributed by atoms with E-state index in [2.05, 4.69) is 60.2 Å². The van der Waals surface area contributed by atoms with E-state index in [1.807, 2.05) is 47.4 Å². The third-order valence-electron chi connectivity index (χ3n) is 7.59. The standard InChI is InChI=1S/C32H30ClN3OS/c1-22-9-5-7-13-28(22)36-31(37)30(38-32(36)34-26-10-3-2-4-11-26)19-24-21-35(29-14-8-6-12-27(24)29)20-23-15-17-25(33)18-16-23/h2-4,6,8,10-12,14-19,21-22,28H,5,7,9,13,20H2,1H3/b30-19-,34-32?/t22-,28-/m1/s1. The first-order chi connectivity index (χ1) is 18.6. The maximum atomic E-state index is 14.0. The summed E-state index contributed by atoms with van der Waals surface area (Å²) in [5.41, 5.74) is 4.23. The highest BCUT2D eigenvalue weighted by Crippen LogP contribution is 2.40. The van der Waals surface area contributed by atoms with Crippen LogP contribution in [0.2, 0.25) is 5.02 Å². The SMILES string of the molecule is C[C@@H]1CCCC[C@H]1N1C(=O)/C(=C/c2cn(Cc3ccc(Cl)cc3)c3ccccc23)SC1=Nc1ccccc1. The molecule has 0 spiro atoms. The fourth-order valence-corrected chi connectivity index (χ4v) is 6.76. The van der Waals surface area contributed by atoms with E-state index in [1.54, 1.807) is 0 Å². The zero-order chi connectivity index (χ0) is 26.1. The van der Waals surface area contributed by atoms with Crippen LogP contribution in [0.4, 0.5) is 5.69 Å². The highest BCUT2D eigenvalue weighted by atomic mass is 35.5. The summed E-state index contributed by atoms with van der Waals surface area (Å²) in [5, 5.41) is 2.66. The molecule has 2 heterocycles. The van der Waals surface area contributed by atoms with E-state index in [1.165, 1.54) is 23.7 Å². The van der Waals surface area contributed by atoms with Crippen molar-refractivity contribution in [2.24, 2.45) is 10.9 Å². The van der Waals surface area contributed by atoms with E-state index in [9.17, 15) is 4.79 Å². The van der Waals surface area contributed by atoms with Gasteiger partial charge < -0.3 is 4.57 Å². The molecule has 1 aliphatic carbocycles. The molecule has 192 valence electrons. The van der Waals surface area contributed by atoms with Crippen LogP contribution >= 0.6 is 23.4 Å². The molecule has 3 aromatic carbocycles. The molecule has 38 heavy (non-hydrogen) atoms. The molecule has 1 amide bonds. The number of halogens is 1. The van der Waals surface area contributed by atoms with Crippen LogP contribution in [-0.2, 0) is 11.3 Å². The summed E-state index contributed by atoms with van der Waals surface area (Å²) in [6.07, 6.45) is 8.76. The van der Waals surface area contributed by atoms with Gasteiger partial charge in [-0.05, 0) is 72.5 Å². The van der Waals surface area contributed by atoms with Gasteiger partial charge >= 0.3 is 0 Å². The van der Waals surface area contributed by atoms with E-state index < -0.39 is 0 Å². The Morgan fingerprint density at radius 1 is 0.974 bits per heavy atom. The van der Waals surface area contributed by atoms with Crippen molar-refractivity contribution in [1.82, 2.24) is 9.47 Å². The zero-order valence-corrected chi connectivity index (χ0v) is 23.0. The second kappa shape index (κ2) is 10.8. The number of aromatic nitrogens is 1. The van der Waals surface area contributed by atoms with Crippen molar-refractivity contribution in [3.63, 3.8) is 0 Å². The number of amides is 1. The van der Waals surface area contributed by atoms with Crippen LogP contribution < -0.4 is 0 Å². The number of carbonyl (C=O) groups excluding carboxylic acids is 1. The first kappa shape index (κ1) is 25.0. The number of thioether (sulfide) groups is 1. The van der Waals surface area contributed by atoms with E-state index in [4.69, 9.17) is 16.6 Å². The fraction of sp³-hybridized carbons (Fsp3) is 0.250. The Balaban J connectivity index is 1.39. The number of nitrogens with zero attached hydrogens (tertiary/aromatic N) is 3. The molecule has 4 aromatic rings. The first-order valence-electron chi connectivity index (χ1n) is 13.3. The van der Waals surface area contributed by atoms with Crippen molar-refractivity contribution >= 4 is 57.1 Å². The van der Waals surface area contributed by atoms with Crippen molar-refractivity contribution in [3.8, 4) is 0 Å². The van der Waals surface area contributed by atoms with Crippen molar-refractivity contribution in [2.75, 3.05) is 0 Å². The van der Waals surface area contributed by atoms with Crippen molar-refractivity contribution in [3.05, 3.63) is 106 Å². The summed E-state index contributed by atoms with van der Waals surface area (Å²) in [4.78, 5) is 21.6. The molecule has 6 heteroatoms. The van der Waals surface area contributed by atoms with Crippen LogP contribution in [0, 0.1) is 5.92 Å². The van der Waals surface area contributed by atoms with E-state index in [0.717, 1.165) is 63.1 Å². The average molecular weight is 540 g/mol. The number of aliphatic imine (C=N–C) groups is 1. The van der Waals surface area contributed by atoms with Gasteiger partial charge in [-0.25, -0.2) is 4.99 Å². The highest BCUT2D eigenvalue weighted by molar-refractivity contribution is 8.18. The quantitative estimate of drug-likeness (QED) is 0.238. The molecule has 2 aliphatic rings. The van der Waals surface area contributed by atoms with Gasteiger partial charge in [-0.15, -0.1) is 0 Å². The number of amidine groups is 1. The predicted molar refractivity (Wildman–Crippen MR) is 160 cm³/mol. The van der Waals surface area contributed by atoms with E-state index >= 15 is 0 Å². The minimum absolute atomic E-state index is 0.0676.